The van der Waals surface area contributed by atoms with E-state index in [-0.39, 0.29) is 0 Å². The zero-order valence-corrected chi connectivity index (χ0v) is 14.5. The first-order chi connectivity index (χ1) is 11.8. The Bertz CT molecular complexity index is 864. The Hall–Kier alpha value is -2.34. The fourth-order valence-corrected chi connectivity index (χ4v) is 4.30. The molecule has 3 aromatic rings. The molecule has 0 aliphatic carbocycles. The molecular formula is C18H19N3O2S. The van der Waals surface area contributed by atoms with Crippen LogP contribution in [0.3, 0.4) is 0 Å². The van der Waals surface area contributed by atoms with Gasteiger partial charge in [-0.05, 0) is 23.9 Å². The second-order valence-electron chi connectivity index (χ2n) is 5.85. The van der Waals surface area contributed by atoms with E-state index in [0.29, 0.717) is 5.92 Å². The number of hydrogen-bond acceptors (Lipinski definition) is 6. The predicted octanol–water partition coefficient (Wildman–Crippen LogP) is 3.70. The van der Waals surface area contributed by atoms with Crippen molar-refractivity contribution in [3.8, 4) is 11.5 Å². The number of para-hydroxylation sites is 1. The number of ether oxygens (including phenoxy) is 2. The molecule has 0 amide bonds. The van der Waals surface area contributed by atoms with Gasteiger partial charge >= 0.3 is 0 Å². The maximum Gasteiger partial charge on any atom is 0.164 e. The van der Waals surface area contributed by atoms with Gasteiger partial charge in [0.1, 0.15) is 12.1 Å². The molecular weight excluding hydrogens is 322 g/mol. The molecule has 1 fully saturated rings. The van der Waals surface area contributed by atoms with Gasteiger partial charge in [0.25, 0.3) is 0 Å². The molecule has 0 N–H and O–H groups in total. The summed E-state index contributed by atoms with van der Waals surface area (Å²) in [5, 5.41) is 2.07. The lowest BCUT2D eigenvalue weighted by molar-refractivity contribution is 0.350. The second kappa shape index (κ2) is 6.28. The second-order valence-corrected chi connectivity index (χ2v) is 6.76. The summed E-state index contributed by atoms with van der Waals surface area (Å²) in [6.07, 6.45) is 2.73. The lowest BCUT2D eigenvalue weighted by Gasteiger charge is -2.20. The number of anilines is 1. The standard InChI is InChI=1S/C18H19N3O2S/c1-22-15-5-3-4-13(16(15)23-2)12-6-8-21(10-12)18-17-14(7-9-24-17)19-11-20-18/h3-5,7,9,11-12H,6,8,10H2,1-2H3. The summed E-state index contributed by atoms with van der Waals surface area (Å²) < 4.78 is 12.2. The molecule has 1 atom stereocenters. The van der Waals surface area contributed by atoms with Gasteiger partial charge in [0.05, 0.1) is 24.4 Å². The molecule has 1 saturated heterocycles. The zero-order valence-electron chi connectivity index (χ0n) is 13.7. The molecule has 1 aliphatic heterocycles. The quantitative estimate of drug-likeness (QED) is 0.724. The van der Waals surface area contributed by atoms with Crippen LogP contribution in [-0.4, -0.2) is 37.3 Å². The van der Waals surface area contributed by atoms with Crippen LogP contribution < -0.4 is 14.4 Å². The summed E-state index contributed by atoms with van der Waals surface area (Å²) in [6, 6.07) is 8.15. The van der Waals surface area contributed by atoms with E-state index in [1.807, 2.05) is 18.2 Å². The van der Waals surface area contributed by atoms with Gasteiger partial charge in [-0.1, -0.05) is 12.1 Å². The van der Waals surface area contributed by atoms with E-state index in [1.54, 1.807) is 31.9 Å². The Morgan fingerprint density at radius 1 is 1.17 bits per heavy atom. The van der Waals surface area contributed by atoms with Crippen LogP contribution in [0.15, 0.2) is 36.0 Å². The predicted molar refractivity (Wildman–Crippen MR) is 96.5 cm³/mol. The molecule has 5 nitrogen and oxygen atoms in total. The van der Waals surface area contributed by atoms with E-state index in [9.17, 15) is 0 Å². The average molecular weight is 341 g/mol. The number of hydrogen-bond donors (Lipinski definition) is 0. The molecule has 1 aromatic carbocycles. The SMILES string of the molecule is COc1cccc(C2CCN(c3ncnc4ccsc34)C2)c1OC. The van der Waals surface area contributed by atoms with Gasteiger partial charge in [-0.25, -0.2) is 9.97 Å². The largest absolute Gasteiger partial charge is 0.493 e. The smallest absolute Gasteiger partial charge is 0.164 e. The molecule has 0 spiro atoms. The Labute approximate surface area is 144 Å². The third-order valence-corrected chi connectivity index (χ3v) is 5.48. The molecule has 3 heterocycles. The third-order valence-electron chi connectivity index (χ3n) is 4.59. The van der Waals surface area contributed by atoms with E-state index < -0.39 is 0 Å². The summed E-state index contributed by atoms with van der Waals surface area (Å²) in [6.45, 7) is 1.91. The fourth-order valence-electron chi connectivity index (χ4n) is 3.44. The van der Waals surface area contributed by atoms with E-state index in [4.69, 9.17) is 9.47 Å². The Morgan fingerprint density at radius 2 is 2.08 bits per heavy atom. The van der Waals surface area contributed by atoms with Crippen molar-refractivity contribution >= 4 is 27.4 Å². The van der Waals surface area contributed by atoms with Gasteiger partial charge in [-0.15, -0.1) is 11.3 Å². The highest BCUT2D eigenvalue weighted by atomic mass is 32.1. The fraction of sp³-hybridized carbons (Fsp3) is 0.333. The molecule has 24 heavy (non-hydrogen) atoms. The Kier molecular flexibility index (Phi) is 3.98. The molecule has 0 radical (unpaired) electrons. The number of fused-ring (bicyclic) bond motifs is 1. The van der Waals surface area contributed by atoms with Crippen LogP contribution >= 0.6 is 11.3 Å². The number of methoxy groups -OCH3 is 2. The van der Waals surface area contributed by atoms with E-state index in [0.717, 1.165) is 47.0 Å². The molecule has 124 valence electrons. The van der Waals surface area contributed by atoms with Gasteiger partial charge in [-0.3, -0.25) is 0 Å². The first kappa shape index (κ1) is 15.2. The lowest BCUT2D eigenvalue weighted by atomic mass is 9.97. The van der Waals surface area contributed by atoms with Crippen molar-refractivity contribution in [2.45, 2.75) is 12.3 Å². The first-order valence-electron chi connectivity index (χ1n) is 7.96. The molecule has 2 aromatic heterocycles. The summed E-state index contributed by atoms with van der Waals surface area (Å²) in [5.74, 6) is 3.08. The van der Waals surface area contributed by atoms with Crippen molar-refractivity contribution in [1.82, 2.24) is 9.97 Å². The summed E-state index contributed by atoms with van der Waals surface area (Å²) in [5.41, 5.74) is 2.23. The number of nitrogens with zero attached hydrogens (tertiary/aromatic N) is 3. The highest BCUT2D eigenvalue weighted by Crippen LogP contribution is 2.41. The number of thiophene rings is 1. The van der Waals surface area contributed by atoms with Gasteiger partial charge in [0, 0.05) is 24.6 Å². The zero-order chi connectivity index (χ0) is 16.5. The first-order valence-corrected chi connectivity index (χ1v) is 8.84. The highest BCUT2D eigenvalue weighted by Gasteiger charge is 2.29. The monoisotopic (exact) mass is 341 g/mol. The molecule has 6 heteroatoms. The number of rotatable bonds is 4. The summed E-state index contributed by atoms with van der Waals surface area (Å²) in [7, 11) is 3.38. The Balaban J connectivity index is 1.65. The minimum absolute atomic E-state index is 0.403. The van der Waals surface area contributed by atoms with Gasteiger partial charge in [0.2, 0.25) is 0 Å². The van der Waals surface area contributed by atoms with Crippen LogP contribution in [0.1, 0.15) is 17.9 Å². The van der Waals surface area contributed by atoms with Crippen LogP contribution in [0.25, 0.3) is 10.2 Å². The van der Waals surface area contributed by atoms with E-state index in [2.05, 4.69) is 26.3 Å². The maximum atomic E-state index is 5.61. The number of aromatic nitrogens is 2. The van der Waals surface area contributed by atoms with Crippen LogP contribution in [0.2, 0.25) is 0 Å². The molecule has 0 saturated carbocycles. The number of benzene rings is 1. The highest BCUT2D eigenvalue weighted by molar-refractivity contribution is 7.17. The van der Waals surface area contributed by atoms with Crippen LogP contribution in [-0.2, 0) is 0 Å². The van der Waals surface area contributed by atoms with Crippen molar-refractivity contribution in [2.75, 3.05) is 32.2 Å². The third kappa shape index (κ3) is 2.47. The normalized spacial score (nSPS) is 17.4. The van der Waals surface area contributed by atoms with Crippen molar-refractivity contribution in [3.05, 3.63) is 41.5 Å². The van der Waals surface area contributed by atoms with E-state index in [1.165, 1.54) is 5.56 Å². The summed E-state index contributed by atoms with van der Waals surface area (Å²) in [4.78, 5) is 11.2. The topological polar surface area (TPSA) is 47.5 Å². The van der Waals surface area contributed by atoms with Crippen molar-refractivity contribution < 1.29 is 9.47 Å². The Morgan fingerprint density at radius 3 is 2.92 bits per heavy atom. The van der Waals surface area contributed by atoms with Gasteiger partial charge < -0.3 is 14.4 Å². The molecule has 0 bridgehead atoms. The minimum atomic E-state index is 0.403. The van der Waals surface area contributed by atoms with Crippen molar-refractivity contribution in [2.24, 2.45) is 0 Å². The molecule has 1 unspecified atom stereocenters. The molecule has 1 aliphatic rings. The van der Waals surface area contributed by atoms with E-state index >= 15 is 0 Å². The van der Waals surface area contributed by atoms with Gasteiger partial charge in [0.15, 0.2) is 11.5 Å². The minimum Gasteiger partial charge on any atom is -0.493 e. The van der Waals surface area contributed by atoms with Gasteiger partial charge in [-0.2, -0.15) is 0 Å². The van der Waals surface area contributed by atoms with Crippen LogP contribution in [0.4, 0.5) is 5.82 Å². The van der Waals surface area contributed by atoms with Crippen molar-refractivity contribution in [1.29, 1.82) is 0 Å². The summed E-state index contributed by atoms with van der Waals surface area (Å²) >= 11 is 1.70. The van der Waals surface area contributed by atoms with Crippen molar-refractivity contribution in [3.63, 3.8) is 0 Å². The average Bonchev–Trinajstić information content (AvgIpc) is 3.29. The van der Waals surface area contributed by atoms with Crippen LogP contribution in [0, 0.1) is 0 Å². The van der Waals surface area contributed by atoms with Crippen LogP contribution in [0.5, 0.6) is 11.5 Å². The lowest BCUT2D eigenvalue weighted by Crippen LogP contribution is -2.20. The maximum absolute atomic E-state index is 5.61. The molecule has 4 rings (SSSR count).